The second kappa shape index (κ2) is 5.76. The Morgan fingerprint density at radius 1 is 1.20 bits per heavy atom. The van der Waals surface area contributed by atoms with E-state index in [1.54, 1.807) is 0 Å². The fraction of sp³-hybridized carbons (Fsp3) is 0.389. The Bertz CT molecular complexity index is 563. The van der Waals surface area contributed by atoms with Crippen molar-refractivity contribution in [2.45, 2.75) is 38.1 Å². The summed E-state index contributed by atoms with van der Waals surface area (Å²) in [5.74, 6) is 1.13. The molecule has 1 aliphatic rings. The molecule has 0 spiro atoms. The Hall–Kier alpha value is -1.67. The molecule has 0 fully saturated rings. The molecule has 0 bridgehead atoms. The molecule has 1 aliphatic carbocycles. The molecule has 1 heterocycles. The molecule has 0 aliphatic heterocycles. The standard InChI is InChI=1S/C18H22N2/c1-3-20-18(13(2)14-8-10-19-11-9-14)17-12-15-6-4-5-7-16(15)17/h4-11,13,17-18,20H,3,12H2,1-2H3. The highest BCUT2D eigenvalue weighted by atomic mass is 14.9. The van der Waals surface area contributed by atoms with Crippen LogP contribution in [0, 0.1) is 0 Å². The predicted molar refractivity (Wildman–Crippen MR) is 83.0 cm³/mol. The van der Waals surface area contributed by atoms with Gasteiger partial charge in [-0.05, 0) is 47.7 Å². The van der Waals surface area contributed by atoms with Gasteiger partial charge in [0.25, 0.3) is 0 Å². The van der Waals surface area contributed by atoms with Gasteiger partial charge >= 0.3 is 0 Å². The molecule has 3 unspecified atom stereocenters. The number of hydrogen-bond donors (Lipinski definition) is 1. The lowest BCUT2D eigenvalue weighted by Gasteiger charge is -2.40. The molecule has 1 N–H and O–H groups in total. The largest absolute Gasteiger partial charge is 0.313 e. The molecule has 104 valence electrons. The van der Waals surface area contributed by atoms with Crippen LogP contribution in [0.15, 0.2) is 48.8 Å². The third-order valence-corrected chi connectivity index (χ3v) is 4.54. The van der Waals surface area contributed by atoms with Crippen LogP contribution in [-0.2, 0) is 6.42 Å². The van der Waals surface area contributed by atoms with Crippen LogP contribution in [0.4, 0.5) is 0 Å². The van der Waals surface area contributed by atoms with Gasteiger partial charge in [-0.3, -0.25) is 4.98 Å². The molecule has 0 saturated heterocycles. The van der Waals surface area contributed by atoms with Gasteiger partial charge in [-0.15, -0.1) is 0 Å². The van der Waals surface area contributed by atoms with Crippen molar-refractivity contribution in [1.82, 2.24) is 10.3 Å². The van der Waals surface area contributed by atoms with Crippen molar-refractivity contribution in [2.75, 3.05) is 6.54 Å². The molecular formula is C18H22N2. The third-order valence-electron chi connectivity index (χ3n) is 4.54. The molecule has 1 aromatic carbocycles. The summed E-state index contributed by atoms with van der Waals surface area (Å²) in [6, 6.07) is 13.6. The van der Waals surface area contributed by atoms with Gasteiger partial charge in [-0.1, -0.05) is 38.1 Å². The van der Waals surface area contributed by atoms with Gasteiger partial charge in [-0.25, -0.2) is 0 Å². The SMILES string of the molecule is CCNC(C(C)c1ccncc1)C1Cc2ccccc21. The molecule has 20 heavy (non-hydrogen) atoms. The van der Waals surface area contributed by atoms with Gasteiger partial charge < -0.3 is 5.32 Å². The number of rotatable bonds is 5. The minimum absolute atomic E-state index is 0.497. The average Bonchev–Trinajstić information content (AvgIpc) is 2.48. The zero-order chi connectivity index (χ0) is 13.9. The number of pyridine rings is 1. The summed E-state index contributed by atoms with van der Waals surface area (Å²) in [7, 11) is 0. The summed E-state index contributed by atoms with van der Waals surface area (Å²) in [6.45, 7) is 5.53. The van der Waals surface area contributed by atoms with E-state index in [9.17, 15) is 0 Å². The predicted octanol–water partition coefficient (Wildman–Crippen LogP) is 3.50. The minimum atomic E-state index is 0.497. The number of nitrogens with one attached hydrogen (secondary N) is 1. The van der Waals surface area contributed by atoms with E-state index in [4.69, 9.17) is 0 Å². The van der Waals surface area contributed by atoms with Crippen LogP contribution in [0.3, 0.4) is 0 Å². The molecule has 0 amide bonds. The Balaban J connectivity index is 1.84. The summed E-state index contributed by atoms with van der Waals surface area (Å²) in [6.07, 6.45) is 4.98. The van der Waals surface area contributed by atoms with Crippen LogP contribution in [0.1, 0.15) is 42.4 Å². The fourth-order valence-electron chi connectivity index (χ4n) is 3.40. The van der Waals surface area contributed by atoms with E-state index in [2.05, 4.69) is 60.5 Å². The van der Waals surface area contributed by atoms with Crippen molar-refractivity contribution in [1.29, 1.82) is 0 Å². The maximum atomic E-state index is 4.13. The quantitative estimate of drug-likeness (QED) is 0.896. The molecule has 0 radical (unpaired) electrons. The Kier molecular flexibility index (Phi) is 3.83. The van der Waals surface area contributed by atoms with Gasteiger partial charge in [0.1, 0.15) is 0 Å². The van der Waals surface area contributed by atoms with Crippen LogP contribution < -0.4 is 5.32 Å². The Morgan fingerprint density at radius 2 is 1.95 bits per heavy atom. The van der Waals surface area contributed by atoms with E-state index in [0.29, 0.717) is 17.9 Å². The van der Waals surface area contributed by atoms with Crippen molar-refractivity contribution < 1.29 is 0 Å². The maximum absolute atomic E-state index is 4.13. The van der Waals surface area contributed by atoms with Gasteiger partial charge in [0.15, 0.2) is 0 Å². The summed E-state index contributed by atoms with van der Waals surface area (Å²) in [5.41, 5.74) is 4.41. The topological polar surface area (TPSA) is 24.9 Å². The van der Waals surface area contributed by atoms with Crippen LogP contribution in [0.25, 0.3) is 0 Å². The number of aromatic nitrogens is 1. The first kappa shape index (κ1) is 13.3. The molecule has 2 nitrogen and oxygen atoms in total. The van der Waals surface area contributed by atoms with E-state index < -0.39 is 0 Å². The van der Waals surface area contributed by atoms with Gasteiger partial charge in [0, 0.05) is 24.4 Å². The smallest absolute Gasteiger partial charge is 0.0270 e. The molecule has 2 heteroatoms. The highest BCUT2D eigenvalue weighted by Crippen LogP contribution is 2.41. The number of benzene rings is 1. The van der Waals surface area contributed by atoms with Crippen molar-refractivity contribution in [2.24, 2.45) is 0 Å². The lowest BCUT2D eigenvalue weighted by molar-refractivity contribution is 0.362. The third kappa shape index (κ3) is 2.36. The highest BCUT2D eigenvalue weighted by molar-refractivity contribution is 5.42. The lowest BCUT2D eigenvalue weighted by Crippen LogP contribution is -2.43. The average molecular weight is 266 g/mol. The second-order valence-electron chi connectivity index (χ2n) is 5.66. The van der Waals surface area contributed by atoms with E-state index in [1.165, 1.54) is 23.1 Å². The van der Waals surface area contributed by atoms with E-state index in [0.717, 1.165) is 6.54 Å². The van der Waals surface area contributed by atoms with Crippen molar-refractivity contribution in [3.8, 4) is 0 Å². The Labute approximate surface area is 121 Å². The first-order valence-electron chi connectivity index (χ1n) is 7.52. The minimum Gasteiger partial charge on any atom is -0.313 e. The first-order valence-corrected chi connectivity index (χ1v) is 7.52. The zero-order valence-corrected chi connectivity index (χ0v) is 12.2. The molecular weight excluding hydrogens is 244 g/mol. The van der Waals surface area contributed by atoms with Crippen LogP contribution in [0.2, 0.25) is 0 Å². The summed E-state index contributed by atoms with van der Waals surface area (Å²) in [5, 5.41) is 3.70. The normalized spacial score (nSPS) is 19.8. The van der Waals surface area contributed by atoms with Crippen molar-refractivity contribution >= 4 is 0 Å². The summed E-state index contributed by atoms with van der Waals surface area (Å²) >= 11 is 0. The van der Waals surface area contributed by atoms with E-state index >= 15 is 0 Å². The first-order chi connectivity index (χ1) is 9.81. The maximum Gasteiger partial charge on any atom is 0.0270 e. The van der Waals surface area contributed by atoms with Crippen LogP contribution >= 0.6 is 0 Å². The lowest BCUT2D eigenvalue weighted by atomic mass is 9.69. The van der Waals surface area contributed by atoms with Gasteiger partial charge in [-0.2, -0.15) is 0 Å². The second-order valence-corrected chi connectivity index (χ2v) is 5.66. The highest BCUT2D eigenvalue weighted by Gasteiger charge is 2.35. The molecule has 1 aromatic heterocycles. The number of fused-ring (bicyclic) bond motifs is 1. The number of likely N-dealkylation sites (N-methyl/N-ethyl adjacent to an activating group) is 1. The van der Waals surface area contributed by atoms with Crippen molar-refractivity contribution in [3.05, 3.63) is 65.5 Å². The molecule has 3 atom stereocenters. The number of nitrogens with zero attached hydrogens (tertiary/aromatic N) is 1. The monoisotopic (exact) mass is 266 g/mol. The van der Waals surface area contributed by atoms with E-state index in [1.807, 2.05) is 12.4 Å². The molecule has 2 aromatic rings. The van der Waals surface area contributed by atoms with Gasteiger partial charge in [0.05, 0.1) is 0 Å². The zero-order valence-electron chi connectivity index (χ0n) is 12.2. The molecule has 0 saturated carbocycles. The van der Waals surface area contributed by atoms with Crippen LogP contribution in [0.5, 0.6) is 0 Å². The van der Waals surface area contributed by atoms with Gasteiger partial charge in [0.2, 0.25) is 0 Å². The summed E-state index contributed by atoms with van der Waals surface area (Å²) < 4.78 is 0. The summed E-state index contributed by atoms with van der Waals surface area (Å²) in [4.78, 5) is 4.13. The number of hydrogen-bond acceptors (Lipinski definition) is 2. The van der Waals surface area contributed by atoms with Crippen LogP contribution in [-0.4, -0.2) is 17.6 Å². The fourth-order valence-corrected chi connectivity index (χ4v) is 3.40. The molecule has 3 rings (SSSR count). The van der Waals surface area contributed by atoms with Crippen molar-refractivity contribution in [3.63, 3.8) is 0 Å². The Morgan fingerprint density at radius 3 is 2.65 bits per heavy atom. The van der Waals surface area contributed by atoms with E-state index in [-0.39, 0.29) is 0 Å².